The molecule has 2 aromatic rings. The number of amides is 2. The smallest absolute Gasteiger partial charge is 0.407 e. The molecule has 2 amide bonds. The molecule has 2 saturated heterocycles. The summed E-state index contributed by atoms with van der Waals surface area (Å²) >= 11 is 1.40. The Hall–Kier alpha value is -3.04. The number of ether oxygens (including phenoxy) is 2. The second kappa shape index (κ2) is 8.96. The minimum absolute atomic E-state index is 0.0658. The number of nitrogens with one attached hydrogen (secondary N) is 1. The normalized spacial score (nSPS) is 25.6. The van der Waals surface area contributed by atoms with E-state index in [1.54, 1.807) is 6.92 Å². The van der Waals surface area contributed by atoms with Gasteiger partial charge in [0, 0.05) is 11.7 Å². The highest BCUT2D eigenvalue weighted by atomic mass is 32.2. The van der Waals surface area contributed by atoms with Gasteiger partial charge in [0.2, 0.25) is 5.91 Å². The molecule has 2 aliphatic heterocycles. The van der Waals surface area contributed by atoms with Crippen LogP contribution in [-0.4, -0.2) is 71.5 Å². The molecule has 9 heteroatoms. The number of fused-ring (bicyclic) bond motifs is 3. The lowest BCUT2D eigenvalue weighted by molar-refractivity contribution is -0.152. The number of carbonyl (C=O) groups is 3. The van der Waals surface area contributed by atoms with E-state index in [0.29, 0.717) is 11.6 Å². The van der Waals surface area contributed by atoms with Crippen molar-refractivity contribution in [2.75, 3.05) is 31.5 Å². The molecule has 0 radical (unpaired) electrons. The molecule has 0 aromatic heterocycles. The van der Waals surface area contributed by atoms with Gasteiger partial charge >= 0.3 is 12.1 Å². The van der Waals surface area contributed by atoms with Crippen molar-refractivity contribution >= 4 is 29.7 Å². The van der Waals surface area contributed by atoms with Gasteiger partial charge in [0.05, 0.1) is 30.5 Å². The Balaban J connectivity index is 1.26. The standard InChI is InChI=1S/C25H26N2O6S/c1-25(23(30)27-14-34-12-20(27)22(28)29)13-32-11-21(25)26-24(31)33-10-19-17-8-4-2-6-15(17)16-7-3-5-9-18(16)19/h2-9,19-21H,10-14H2,1H3,(H,26,31)(H,28,29). The van der Waals surface area contributed by atoms with Crippen molar-refractivity contribution in [2.45, 2.75) is 24.9 Å². The van der Waals surface area contributed by atoms with Crippen LogP contribution < -0.4 is 5.32 Å². The van der Waals surface area contributed by atoms with Crippen LogP contribution in [0.3, 0.4) is 0 Å². The second-order valence-electron chi connectivity index (χ2n) is 9.08. The van der Waals surface area contributed by atoms with Crippen molar-refractivity contribution in [3.05, 3.63) is 59.7 Å². The van der Waals surface area contributed by atoms with Crippen molar-refractivity contribution in [3.8, 4) is 11.1 Å². The fraction of sp³-hybridized carbons (Fsp3) is 0.400. The van der Waals surface area contributed by atoms with Crippen molar-refractivity contribution in [2.24, 2.45) is 5.41 Å². The van der Waals surface area contributed by atoms with Crippen LogP contribution in [-0.2, 0) is 19.1 Å². The molecule has 2 N–H and O–H groups in total. The fourth-order valence-corrected chi connectivity index (χ4v) is 6.19. The quantitative estimate of drug-likeness (QED) is 0.675. The van der Waals surface area contributed by atoms with Crippen LogP contribution in [0.4, 0.5) is 4.79 Å². The summed E-state index contributed by atoms with van der Waals surface area (Å²) in [5, 5.41) is 12.3. The molecule has 3 unspecified atom stereocenters. The number of hydrogen-bond donors (Lipinski definition) is 2. The Kier molecular flexibility index (Phi) is 5.99. The maximum Gasteiger partial charge on any atom is 0.407 e. The molecule has 178 valence electrons. The van der Waals surface area contributed by atoms with E-state index in [4.69, 9.17) is 9.47 Å². The van der Waals surface area contributed by atoms with Gasteiger partial charge in [-0.1, -0.05) is 48.5 Å². The number of carbonyl (C=O) groups excluding carboxylic acids is 2. The summed E-state index contributed by atoms with van der Waals surface area (Å²) in [6.07, 6.45) is -0.623. The first-order valence-corrected chi connectivity index (χ1v) is 12.4. The van der Waals surface area contributed by atoms with E-state index in [1.165, 1.54) is 16.7 Å². The molecule has 5 rings (SSSR count). The highest BCUT2D eigenvalue weighted by Gasteiger charge is 2.52. The number of aliphatic carboxylic acids is 1. The van der Waals surface area contributed by atoms with Crippen LogP contribution in [0.5, 0.6) is 0 Å². The molecule has 0 spiro atoms. The summed E-state index contributed by atoms with van der Waals surface area (Å²) < 4.78 is 11.2. The van der Waals surface area contributed by atoms with Crippen LogP contribution in [0.25, 0.3) is 11.1 Å². The number of hydrogen-bond acceptors (Lipinski definition) is 6. The third-order valence-electron chi connectivity index (χ3n) is 7.01. The Morgan fingerprint density at radius 2 is 1.79 bits per heavy atom. The molecule has 0 saturated carbocycles. The fourth-order valence-electron chi connectivity index (χ4n) is 5.04. The summed E-state index contributed by atoms with van der Waals surface area (Å²) in [6.45, 7) is 2.14. The molecular formula is C25H26N2O6S. The maximum atomic E-state index is 13.3. The maximum absolute atomic E-state index is 13.3. The molecular weight excluding hydrogens is 456 g/mol. The predicted octanol–water partition coefficient (Wildman–Crippen LogP) is 2.92. The first-order valence-electron chi connectivity index (χ1n) is 11.2. The minimum Gasteiger partial charge on any atom is -0.480 e. The van der Waals surface area contributed by atoms with Crippen LogP contribution >= 0.6 is 11.8 Å². The van der Waals surface area contributed by atoms with Crippen LogP contribution in [0, 0.1) is 5.41 Å². The van der Waals surface area contributed by atoms with Crippen molar-refractivity contribution in [1.82, 2.24) is 10.2 Å². The van der Waals surface area contributed by atoms with Gasteiger partial charge in [-0.05, 0) is 29.2 Å². The summed E-state index contributed by atoms with van der Waals surface area (Å²) in [5.74, 6) is -0.761. The molecule has 34 heavy (non-hydrogen) atoms. The Bertz CT molecular complexity index is 1090. The monoisotopic (exact) mass is 482 g/mol. The number of alkyl carbamates (subject to hydrolysis) is 1. The minimum atomic E-state index is -1.07. The molecule has 1 aliphatic carbocycles. The lowest BCUT2D eigenvalue weighted by Crippen LogP contribution is -2.56. The van der Waals surface area contributed by atoms with Gasteiger partial charge in [-0.2, -0.15) is 0 Å². The van der Waals surface area contributed by atoms with Crippen LogP contribution in [0.1, 0.15) is 24.0 Å². The van der Waals surface area contributed by atoms with Crippen LogP contribution in [0.2, 0.25) is 0 Å². The van der Waals surface area contributed by atoms with Crippen LogP contribution in [0.15, 0.2) is 48.5 Å². The van der Waals surface area contributed by atoms with Crippen molar-refractivity contribution in [1.29, 1.82) is 0 Å². The first-order chi connectivity index (χ1) is 16.4. The number of benzene rings is 2. The van der Waals surface area contributed by atoms with E-state index in [1.807, 2.05) is 24.3 Å². The Labute approximate surface area is 201 Å². The highest BCUT2D eigenvalue weighted by Crippen LogP contribution is 2.44. The van der Waals surface area contributed by atoms with Crippen molar-refractivity contribution in [3.63, 3.8) is 0 Å². The molecule has 2 aromatic carbocycles. The van der Waals surface area contributed by atoms with Crippen molar-refractivity contribution < 1.29 is 29.0 Å². The predicted molar refractivity (Wildman–Crippen MR) is 127 cm³/mol. The third kappa shape index (κ3) is 3.82. The van der Waals surface area contributed by atoms with E-state index in [0.717, 1.165) is 22.3 Å². The van der Waals surface area contributed by atoms with Gasteiger partial charge < -0.3 is 24.8 Å². The molecule has 2 heterocycles. The topological polar surface area (TPSA) is 105 Å². The Morgan fingerprint density at radius 1 is 1.15 bits per heavy atom. The first kappa shape index (κ1) is 22.7. The molecule has 2 fully saturated rings. The van der Waals surface area contributed by atoms with E-state index in [2.05, 4.69) is 29.6 Å². The zero-order chi connectivity index (χ0) is 23.9. The zero-order valence-corrected chi connectivity index (χ0v) is 19.5. The van der Waals surface area contributed by atoms with Gasteiger partial charge in [-0.15, -0.1) is 11.8 Å². The molecule has 8 nitrogen and oxygen atoms in total. The van der Waals surface area contributed by atoms with Gasteiger partial charge in [-0.25, -0.2) is 9.59 Å². The molecule has 3 atom stereocenters. The van der Waals surface area contributed by atoms with Gasteiger partial charge in [0.15, 0.2) is 0 Å². The zero-order valence-electron chi connectivity index (χ0n) is 18.7. The average Bonchev–Trinajstić information content (AvgIpc) is 3.54. The summed E-state index contributed by atoms with van der Waals surface area (Å²) in [5.41, 5.74) is 3.46. The average molecular weight is 483 g/mol. The number of thioether (sulfide) groups is 1. The van der Waals surface area contributed by atoms with E-state index in [9.17, 15) is 19.5 Å². The number of carboxylic acids is 1. The highest BCUT2D eigenvalue weighted by molar-refractivity contribution is 7.99. The summed E-state index contributed by atoms with van der Waals surface area (Å²) in [4.78, 5) is 39.0. The summed E-state index contributed by atoms with van der Waals surface area (Å²) in [7, 11) is 0. The molecule has 3 aliphatic rings. The number of rotatable bonds is 5. The van der Waals surface area contributed by atoms with Gasteiger partial charge in [0.1, 0.15) is 12.6 Å². The number of nitrogens with zero attached hydrogens (tertiary/aromatic N) is 1. The molecule has 0 bridgehead atoms. The van der Waals surface area contributed by atoms with Gasteiger partial charge in [-0.3, -0.25) is 4.79 Å². The van der Waals surface area contributed by atoms with E-state index in [-0.39, 0.29) is 31.6 Å². The van der Waals surface area contributed by atoms with E-state index >= 15 is 0 Å². The Morgan fingerprint density at radius 3 is 2.44 bits per heavy atom. The third-order valence-corrected chi connectivity index (χ3v) is 8.02. The summed E-state index contributed by atoms with van der Waals surface area (Å²) in [6, 6.07) is 14.7. The number of carboxylic acid groups (broad SMARTS) is 1. The van der Waals surface area contributed by atoms with E-state index < -0.39 is 29.6 Å². The lowest BCUT2D eigenvalue weighted by atomic mass is 9.83. The SMILES string of the molecule is CC1(C(=O)N2CSCC2C(=O)O)COCC1NC(=O)OCC1c2ccccc2-c2ccccc21. The largest absolute Gasteiger partial charge is 0.480 e. The second-order valence-corrected chi connectivity index (χ2v) is 10.1. The lowest BCUT2D eigenvalue weighted by Gasteiger charge is -2.34. The van der Waals surface area contributed by atoms with Gasteiger partial charge in [0.25, 0.3) is 0 Å².